The fraction of sp³-hybridized carbons (Fsp3) is 0.412. The minimum absolute atomic E-state index is 0.0907. The van der Waals surface area contributed by atoms with E-state index >= 15 is 0 Å². The molecular weight excluding hydrogens is 363 g/mol. The molecule has 0 aliphatic heterocycles. The van der Waals surface area contributed by atoms with E-state index in [1.54, 1.807) is 17.5 Å². The molecule has 2 rings (SSSR count). The van der Waals surface area contributed by atoms with Crippen molar-refractivity contribution in [1.82, 2.24) is 10.3 Å². The molecule has 5 nitrogen and oxygen atoms in total. The van der Waals surface area contributed by atoms with Crippen LogP contribution in [-0.4, -0.2) is 31.1 Å². The second-order valence-electron chi connectivity index (χ2n) is 6.28. The zero-order valence-electron chi connectivity index (χ0n) is 14.3. The van der Waals surface area contributed by atoms with Gasteiger partial charge in [0.1, 0.15) is 16.6 Å². The summed E-state index contributed by atoms with van der Waals surface area (Å²) < 4.78 is 37.4. The predicted octanol–water partition coefficient (Wildman–Crippen LogP) is 3.02. The van der Waals surface area contributed by atoms with Gasteiger partial charge in [0, 0.05) is 17.0 Å². The molecule has 0 spiro atoms. The predicted molar refractivity (Wildman–Crippen MR) is 97.4 cm³/mol. The molecule has 0 saturated carbocycles. The van der Waals surface area contributed by atoms with Crippen LogP contribution >= 0.6 is 11.3 Å². The maximum Gasteiger partial charge on any atom is 0.235 e. The number of carbonyl (C=O) groups is 1. The van der Waals surface area contributed by atoms with Gasteiger partial charge in [0.25, 0.3) is 0 Å². The second kappa shape index (κ2) is 8.05. The molecule has 136 valence electrons. The summed E-state index contributed by atoms with van der Waals surface area (Å²) in [5.74, 6) is -1.48. The summed E-state index contributed by atoms with van der Waals surface area (Å²) in [7, 11) is -3.61. The van der Waals surface area contributed by atoms with Crippen LogP contribution in [0.4, 0.5) is 4.39 Å². The van der Waals surface area contributed by atoms with Gasteiger partial charge in [0.05, 0.1) is 11.4 Å². The lowest BCUT2D eigenvalue weighted by molar-refractivity contribution is -0.119. The molecule has 1 unspecified atom stereocenters. The average Bonchev–Trinajstić information content (AvgIpc) is 2.94. The van der Waals surface area contributed by atoms with E-state index in [-0.39, 0.29) is 23.5 Å². The number of benzene rings is 1. The van der Waals surface area contributed by atoms with Crippen LogP contribution in [0, 0.1) is 11.7 Å². The van der Waals surface area contributed by atoms with Crippen molar-refractivity contribution in [3.63, 3.8) is 0 Å². The van der Waals surface area contributed by atoms with Gasteiger partial charge in [-0.3, -0.25) is 4.79 Å². The molecule has 0 aliphatic rings. The summed E-state index contributed by atoms with van der Waals surface area (Å²) >= 11 is 1.28. The molecule has 25 heavy (non-hydrogen) atoms. The van der Waals surface area contributed by atoms with E-state index in [1.165, 1.54) is 23.5 Å². The Hall–Kier alpha value is -1.80. The molecule has 1 amide bonds. The van der Waals surface area contributed by atoms with Gasteiger partial charge >= 0.3 is 0 Å². The van der Waals surface area contributed by atoms with Gasteiger partial charge in [0.15, 0.2) is 9.84 Å². The van der Waals surface area contributed by atoms with Crippen molar-refractivity contribution in [3.8, 4) is 10.6 Å². The number of hydrogen-bond donors (Lipinski definition) is 1. The standard InChI is InChI=1S/C17H21FN2O3S2/c1-11(2)12(3)19-16(21)10-25(22,23)9-15-8-24-17(20-15)13-4-6-14(18)7-5-13/h4-8,11-12H,9-10H2,1-3H3,(H,19,21). The van der Waals surface area contributed by atoms with Gasteiger partial charge < -0.3 is 5.32 Å². The Bertz CT molecular complexity index is 830. The summed E-state index contributed by atoms with van der Waals surface area (Å²) in [5.41, 5.74) is 1.10. The lowest BCUT2D eigenvalue weighted by Gasteiger charge is -2.17. The molecule has 0 bridgehead atoms. The molecule has 1 heterocycles. The Balaban J connectivity index is 2.01. The number of halogens is 1. The van der Waals surface area contributed by atoms with Crippen LogP contribution in [0.2, 0.25) is 0 Å². The number of rotatable bonds is 7. The van der Waals surface area contributed by atoms with E-state index in [2.05, 4.69) is 10.3 Å². The van der Waals surface area contributed by atoms with Crippen molar-refractivity contribution in [2.75, 3.05) is 5.75 Å². The molecule has 0 fully saturated rings. The maximum atomic E-state index is 13.0. The zero-order chi connectivity index (χ0) is 18.6. The van der Waals surface area contributed by atoms with Crippen molar-refractivity contribution in [2.45, 2.75) is 32.6 Å². The van der Waals surface area contributed by atoms with Crippen molar-refractivity contribution in [3.05, 3.63) is 41.2 Å². The second-order valence-corrected chi connectivity index (χ2v) is 9.21. The fourth-order valence-corrected chi connectivity index (χ4v) is 4.15. The molecule has 0 saturated heterocycles. The van der Waals surface area contributed by atoms with E-state index in [0.29, 0.717) is 10.7 Å². The van der Waals surface area contributed by atoms with Crippen LogP contribution in [0.25, 0.3) is 10.6 Å². The molecule has 0 aliphatic carbocycles. The first-order valence-electron chi connectivity index (χ1n) is 7.86. The van der Waals surface area contributed by atoms with Crippen molar-refractivity contribution in [1.29, 1.82) is 0 Å². The Morgan fingerprint density at radius 1 is 1.24 bits per heavy atom. The van der Waals surface area contributed by atoms with E-state index < -0.39 is 21.5 Å². The Kier molecular flexibility index (Phi) is 6.29. The van der Waals surface area contributed by atoms with Crippen LogP contribution in [0.5, 0.6) is 0 Å². The number of amides is 1. The van der Waals surface area contributed by atoms with Gasteiger partial charge in [-0.15, -0.1) is 11.3 Å². The maximum absolute atomic E-state index is 13.0. The summed E-state index contributed by atoms with van der Waals surface area (Å²) in [5, 5.41) is 4.94. The summed E-state index contributed by atoms with van der Waals surface area (Å²) in [6.45, 7) is 5.74. The smallest absolute Gasteiger partial charge is 0.235 e. The highest BCUT2D eigenvalue weighted by atomic mass is 32.2. The van der Waals surface area contributed by atoms with Gasteiger partial charge in [0.2, 0.25) is 5.91 Å². The van der Waals surface area contributed by atoms with E-state index in [9.17, 15) is 17.6 Å². The van der Waals surface area contributed by atoms with E-state index in [0.717, 1.165) is 5.56 Å². The highest BCUT2D eigenvalue weighted by molar-refractivity contribution is 7.91. The zero-order valence-corrected chi connectivity index (χ0v) is 16.0. The van der Waals surface area contributed by atoms with Crippen LogP contribution < -0.4 is 5.32 Å². The highest BCUT2D eigenvalue weighted by Gasteiger charge is 2.21. The third-order valence-corrected chi connectivity index (χ3v) is 6.13. The van der Waals surface area contributed by atoms with E-state index in [1.807, 2.05) is 20.8 Å². The number of nitrogens with one attached hydrogen (secondary N) is 1. The Labute approximate surface area is 151 Å². The minimum Gasteiger partial charge on any atom is -0.353 e. The van der Waals surface area contributed by atoms with Crippen molar-refractivity contribution >= 4 is 27.1 Å². The summed E-state index contributed by atoms with van der Waals surface area (Å²) in [6, 6.07) is 5.74. The quantitative estimate of drug-likeness (QED) is 0.796. The number of sulfone groups is 1. The summed E-state index contributed by atoms with van der Waals surface area (Å²) in [4.78, 5) is 16.2. The normalized spacial score (nSPS) is 13.0. The summed E-state index contributed by atoms with van der Waals surface area (Å²) in [6.07, 6.45) is 0. The van der Waals surface area contributed by atoms with Crippen LogP contribution in [0.1, 0.15) is 26.5 Å². The topological polar surface area (TPSA) is 76.1 Å². The SMILES string of the molecule is CC(C)C(C)NC(=O)CS(=O)(=O)Cc1csc(-c2ccc(F)cc2)n1. The first-order valence-corrected chi connectivity index (χ1v) is 10.6. The Morgan fingerprint density at radius 3 is 2.48 bits per heavy atom. The van der Waals surface area contributed by atoms with Crippen molar-refractivity contribution in [2.24, 2.45) is 5.92 Å². The fourth-order valence-electron chi connectivity index (χ4n) is 2.04. The molecule has 1 atom stereocenters. The molecule has 1 N–H and O–H groups in total. The minimum atomic E-state index is -3.61. The van der Waals surface area contributed by atoms with E-state index in [4.69, 9.17) is 0 Å². The van der Waals surface area contributed by atoms with Crippen LogP contribution in [0.3, 0.4) is 0 Å². The number of nitrogens with zero attached hydrogens (tertiary/aromatic N) is 1. The van der Waals surface area contributed by atoms with Crippen LogP contribution in [0.15, 0.2) is 29.6 Å². The van der Waals surface area contributed by atoms with Gasteiger partial charge in [-0.25, -0.2) is 17.8 Å². The van der Waals surface area contributed by atoms with Crippen LogP contribution in [-0.2, 0) is 20.4 Å². The third kappa shape index (κ3) is 5.89. The van der Waals surface area contributed by atoms with Gasteiger partial charge in [-0.05, 0) is 37.1 Å². The number of aromatic nitrogens is 1. The number of thiazole rings is 1. The largest absolute Gasteiger partial charge is 0.353 e. The molecular formula is C17H21FN2O3S2. The van der Waals surface area contributed by atoms with Crippen molar-refractivity contribution < 1.29 is 17.6 Å². The molecule has 2 aromatic rings. The lowest BCUT2D eigenvalue weighted by Crippen LogP contribution is -2.39. The number of carbonyl (C=O) groups excluding carboxylic acids is 1. The monoisotopic (exact) mass is 384 g/mol. The molecule has 8 heteroatoms. The lowest BCUT2D eigenvalue weighted by atomic mass is 10.1. The molecule has 1 aromatic heterocycles. The first kappa shape index (κ1) is 19.5. The Morgan fingerprint density at radius 2 is 1.88 bits per heavy atom. The number of hydrogen-bond acceptors (Lipinski definition) is 5. The highest BCUT2D eigenvalue weighted by Crippen LogP contribution is 2.24. The molecule has 0 radical (unpaired) electrons. The first-order chi connectivity index (χ1) is 11.7. The molecule has 1 aromatic carbocycles. The average molecular weight is 384 g/mol. The third-order valence-electron chi connectivity index (χ3n) is 3.75. The van der Waals surface area contributed by atoms with Gasteiger partial charge in [-0.1, -0.05) is 13.8 Å². The van der Waals surface area contributed by atoms with Gasteiger partial charge in [-0.2, -0.15) is 0 Å².